The highest BCUT2D eigenvalue weighted by atomic mass is 35.5. The second-order valence-corrected chi connectivity index (χ2v) is 6.44. The Kier molecular flexibility index (Phi) is 6.42. The summed E-state index contributed by atoms with van der Waals surface area (Å²) in [5, 5.41) is 22.8. The number of carbonyl (C=O) groups is 1. The molecule has 30 heavy (non-hydrogen) atoms. The van der Waals surface area contributed by atoms with E-state index >= 15 is 0 Å². The zero-order valence-corrected chi connectivity index (χ0v) is 16.2. The molecule has 0 heterocycles. The van der Waals surface area contributed by atoms with Crippen LogP contribution in [0.5, 0.6) is 11.5 Å². The van der Waals surface area contributed by atoms with Gasteiger partial charge < -0.3 is 10.1 Å². The molecule has 1 amide bonds. The number of nitriles is 1. The summed E-state index contributed by atoms with van der Waals surface area (Å²) in [5.41, 5.74) is 0.211. The number of nitro benzene ring substituents is 1. The SMILES string of the molecule is N#C/C(=C\c1cccc(Oc2ccccc2)c1)C(=O)Nc1ccc(Cl)c([N+](=O)[O-])c1. The molecule has 3 rings (SSSR count). The van der Waals surface area contributed by atoms with Gasteiger partial charge in [-0.3, -0.25) is 14.9 Å². The van der Waals surface area contributed by atoms with E-state index in [4.69, 9.17) is 16.3 Å². The van der Waals surface area contributed by atoms with Gasteiger partial charge in [-0.2, -0.15) is 5.26 Å². The zero-order chi connectivity index (χ0) is 21.5. The Balaban J connectivity index is 1.79. The van der Waals surface area contributed by atoms with E-state index in [2.05, 4.69) is 5.32 Å². The molecule has 1 N–H and O–H groups in total. The molecule has 0 fully saturated rings. The van der Waals surface area contributed by atoms with Gasteiger partial charge in [0.05, 0.1) is 4.92 Å². The third-order valence-corrected chi connectivity index (χ3v) is 4.23. The number of nitrogens with zero attached hydrogens (tertiary/aromatic N) is 2. The van der Waals surface area contributed by atoms with Crippen molar-refractivity contribution in [3.8, 4) is 17.6 Å². The van der Waals surface area contributed by atoms with Crippen LogP contribution in [0.1, 0.15) is 5.56 Å². The second kappa shape index (κ2) is 9.37. The number of hydrogen-bond donors (Lipinski definition) is 1. The van der Waals surface area contributed by atoms with Crippen molar-refractivity contribution in [3.05, 3.63) is 99.1 Å². The van der Waals surface area contributed by atoms with Gasteiger partial charge in [0.2, 0.25) is 0 Å². The molecule has 0 aromatic heterocycles. The van der Waals surface area contributed by atoms with Crippen molar-refractivity contribution in [2.24, 2.45) is 0 Å². The highest BCUT2D eigenvalue weighted by Crippen LogP contribution is 2.28. The fraction of sp³-hybridized carbons (Fsp3) is 0. The smallest absolute Gasteiger partial charge is 0.289 e. The van der Waals surface area contributed by atoms with Gasteiger partial charge in [0.1, 0.15) is 28.2 Å². The summed E-state index contributed by atoms with van der Waals surface area (Å²) in [6.45, 7) is 0. The Morgan fingerprint density at radius 3 is 2.50 bits per heavy atom. The number of amides is 1. The molecule has 0 saturated heterocycles. The number of para-hydroxylation sites is 1. The largest absolute Gasteiger partial charge is 0.457 e. The van der Waals surface area contributed by atoms with Crippen LogP contribution in [0.3, 0.4) is 0 Å². The fourth-order valence-electron chi connectivity index (χ4n) is 2.54. The van der Waals surface area contributed by atoms with Gasteiger partial charge in [-0.25, -0.2) is 0 Å². The first-order valence-electron chi connectivity index (χ1n) is 8.66. The van der Waals surface area contributed by atoms with Crippen molar-refractivity contribution in [1.82, 2.24) is 0 Å². The van der Waals surface area contributed by atoms with E-state index in [0.29, 0.717) is 17.1 Å². The van der Waals surface area contributed by atoms with Crippen LogP contribution < -0.4 is 10.1 Å². The molecule has 7 nitrogen and oxygen atoms in total. The molecule has 0 aliphatic rings. The normalized spacial score (nSPS) is 10.7. The quantitative estimate of drug-likeness (QED) is 0.243. The summed E-state index contributed by atoms with van der Waals surface area (Å²) in [4.78, 5) is 22.8. The van der Waals surface area contributed by atoms with Gasteiger partial charge in [-0.1, -0.05) is 41.9 Å². The Morgan fingerprint density at radius 1 is 1.07 bits per heavy atom. The van der Waals surface area contributed by atoms with Crippen molar-refractivity contribution in [1.29, 1.82) is 5.26 Å². The molecule has 3 aromatic rings. The number of rotatable bonds is 6. The van der Waals surface area contributed by atoms with Crippen molar-refractivity contribution in [2.45, 2.75) is 0 Å². The van der Waals surface area contributed by atoms with Crippen molar-refractivity contribution < 1.29 is 14.5 Å². The lowest BCUT2D eigenvalue weighted by Gasteiger charge is -2.07. The molecule has 0 spiro atoms. The van der Waals surface area contributed by atoms with Gasteiger partial charge in [0.25, 0.3) is 11.6 Å². The number of carbonyl (C=O) groups excluding carboxylic acids is 1. The molecule has 148 valence electrons. The number of ether oxygens (including phenoxy) is 1. The lowest BCUT2D eigenvalue weighted by molar-refractivity contribution is -0.384. The molecule has 8 heteroatoms. The highest BCUT2D eigenvalue weighted by molar-refractivity contribution is 6.32. The van der Waals surface area contributed by atoms with Crippen LogP contribution in [0.2, 0.25) is 5.02 Å². The average Bonchev–Trinajstić information content (AvgIpc) is 2.74. The van der Waals surface area contributed by atoms with Gasteiger partial charge in [-0.05, 0) is 48.0 Å². The maximum absolute atomic E-state index is 12.5. The maximum Gasteiger partial charge on any atom is 0.289 e. The van der Waals surface area contributed by atoms with E-state index < -0.39 is 10.8 Å². The van der Waals surface area contributed by atoms with Crippen LogP contribution >= 0.6 is 11.6 Å². The van der Waals surface area contributed by atoms with Crippen molar-refractivity contribution >= 4 is 35.0 Å². The number of halogens is 1. The first-order valence-corrected chi connectivity index (χ1v) is 9.04. The minimum absolute atomic E-state index is 0.0516. The maximum atomic E-state index is 12.5. The third kappa shape index (κ3) is 5.22. The lowest BCUT2D eigenvalue weighted by atomic mass is 10.1. The summed E-state index contributed by atoms with van der Waals surface area (Å²) >= 11 is 5.77. The summed E-state index contributed by atoms with van der Waals surface area (Å²) in [7, 11) is 0. The van der Waals surface area contributed by atoms with Crippen LogP contribution in [0.15, 0.2) is 78.4 Å². The summed E-state index contributed by atoms with van der Waals surface area (Å²) in [6.07, 6.45) is 1.40. The summed E-state index contributed by atoms with van der Waals surface area (Å²) < 4.78 is 5.75. The number of hydrogen-bond acceptors (Lipinski definition) is 5. The van der Waals surface area contributed by atoms with Crippen molar-refractivity contribution in [3.63, 3.8) is 0 Å². The first-order chi connectivity index (χ1) is 14.5. The lowest BCUT2D eigenvalue weighted by Crippen LogP contribution is -2.13. The first kappa shape index (κ1) is 20.6. The predicted octanol–water partition coefficient (Wildman–Crippen LogP) is 5.59. The average molecular weight is 420 g/mol. The molecule has 0 saturated carbocycles. The minimum atomic E-state index is -0.705. The molecule has 0 bridgehead atoms. The van der Waals surface area contributed by atoms with Gasteiger partial charge in [0, 0.05) is 11.8 Å². The Bertz CT molecular complexity index is 1170. The molecular weight excluding hydrogens is 406 g/mol. The number of anilines is 1. The monoisotopic (exact) mass is 419 g/mol. The van der Waals surface area contributed by atoms with Gasteiger partial charge in [-0.15, -0.1) is 0 Å². The number of nitro groups is 1. The molecule has 0 aliphatic heterocycles. The van der Waals surface area contributed by atoms with Crippen LogP contribution in [0.4, 0.5) is 11.4 Å². The standard InChI is InChI=1S/C22H14ClN3O4/c23-20-10-9-17(13-21(20)26(28)29)25-22(27)16(14-24)11-15-5-4-8-19(12-15)30-18-6-2-1-3-7-18/h1-13H,(H,25,27)/b16-11+. The highest BCUT2D eigenvalue weighted by Gasteiger charge is 2.15. The molecule has 0 unspecified atom stereocenters. The van der Waals surface area contributed by atoms with Gasteiger partial charge >= 0.3 is 0 Å². The van der Waals surface area contributed by atoms with E-state index in [1.165, 1.54) is 18.2 Å². The number of nitrogens with one attached hydrogen (secondary N) is 1. The Labute approximate surface area is 176 Å². The van der Waals surface area contributed by atoms with Crippen LogP contribution in [-0.4, -0.2) is 10.8 Å². The third-order valence-electron chi connectivity index (χ3n) is 3.91. The van der Waals surface area contributed by atoms with Crippen LogP contribution in [0, 0.1) is 21.4 Å². The van der Waals surface area contributed by atoms with Crippen molar-refractivity contribution in [2.75, 3.05) is 5.32 Å². The Morgan fingerprint density at radius 2 is 1.80 bits per heavy atom. The Hall–Kier alpha value is -4.15. The van der Waals surface area contributed by atoms with E-state index in [0.717, 1.165) is 6.07 Å². The molecule has 0 radical (unpaired) electrons. The topological polar surface area (TPSA) is 105 Å². The molecule has 0 atom stereocenters. The van der Waals surface area contributed by atoms with Gasteiger partial charge in [0.15, 0.2) is 0 Å². The predicted molar refractivity (Wildman–Crippen MR) is 113 cm³/mol. The molecular formula is C22H14ClN3O4. The molecule has 0 aliphatic carbocycles. The zero-order valence-electron chi connectivity index (χ0n) is 15.4. The number of benzene rings is 3. The summed E-state index contributed by atoms with van der Waals surface area (Å²) in [5.74, 6) is 0.491. The summed E-state index contributed by atoms with van der Waals surface area (Å²) in [6, 6.07) is 21.8. The second-order valence-electron chi connectivity index (χ2n) is 6.03. The van der Waals surface area contributed by atoms with E-state index in [-0.39, 0.29) is 22.0 Å². The molecule has 3 aromatic carbocycles. The van der Waals surface area contributed by atoms with Crippen LogP contribution in [-0.2, 0) is 4.79 Å². The van der Waals surface area contributed by atoms with E-state index in [1.807, 2.05) is 36.4 Å². The van der Waals surface area contributed by atoms with Crippen LogP contribution in [0.25, 0.3) is 6.08 Å². The van der Waals surface area contributed by atoms with E-state index in [9.17, 15) is 20.2 Å². The minimum Gasteiger partial charge on any atom is -0.457 e. The fourth-order valence-corrected chi connectivity index (χ4v) is 2.72. The van der Waals surface area contributed by atoms with E-state index in [1.54, 1.807) is 24.3 Å².